The quantitative estimate of drug-likeness (QED) is 0.122. The normalized spacial score (nSPS) is 11.0. The van der Waals surface area contributed by atoms with Gasteiger partial charge in [-0.2, -0.15) is 5.10 Å². The molecule has 0 radical (unpaired) electrons. The van der Waals surface area contributed by atoms with Crippen molar-refractivity contribution in [3.63, 3.8) is 0 Å². The monoisotopic (exact) mass is 628 g/mol. The van der Waals surface area contributed by atoms with Crippen molar-refractivity contribution in [3.8, 4) is 22.9 Å². The van der Waals surface area contributed by atoms with Crippen molar-refractivity contribution >= 4 is 46.3 Å². The standard InChI is InChI=1S/C27H26IN4O4P/c1-35-26-18-21(36-17-14-20-7-3-2-6-19(20)8-5-16-33)11-12-23(26)31-27(34)24-10-4-9-22(30-24)25-13-15-29-32(25)37-28/h2-4,6-7,9-13,15-16,18,37H,5,8,14,17H2,1H3,(H,31,34). The number of anilines is 1. The Bertz CT molecular complexity index is 1380. The molecule has 2 aromatic heterocycles. The van der Waals surface area contributed by atoms with Gasteiger partial charge in [-0.25, -0.2) is 9.44 Å². The topological polar surface area (TPSA) is 95.3 Å². The van der Waals surface area contributed by atoms with Gasteiger partial charge in [-0.15, -0.1) is 0 Å². The van der Waals surface area contributed by atoms with E-state index >= 15 is 0 Å². The summed E-state index contributed by atoms with van der Waals surface area (Å²) in [5, 5.41) is 7.16. The number of nitrogens with one attached hydrogen (secondary N) is 1. The number of nitrogens with zero attached hydrogens (tertiary/aromatic N) is 3. The number of pyridine rings is 1. The van der Waals surface area contributed by atoms with Crippen molar-refractivity contribution < 1.29 is 19.1 Å². The summed E-state index contributed by atoms with van der Waals surface area (Å²) in [7, 11) is 1.54. The fourth-order valence-electron chi connectivity index (χ4n) is 3.86. The number of carbonyl (C=O) groups is 2. The van der Waals surface area contributed by atoms with Gasteiger partial charge >= 0.3 is 0 Å². The summed E-state index contributed by atoms with van der Waals surface area (Å²) in [6.07, 6.45) is 5.03. The van der Waals surface area contributed by atoms with Crippen LogP contribution in [0.4, 0.5) is 5.69 Å². The van der Waals surface area contributed by atoms with E-state index in [-0.39, 0.29) is 11.6 Å². The fourth-order valence-corrected chi connectivity index (χ4v) is 5.40. The van der Waals surface area contributed by atoms with Crippen molar-refractivity contribution in [2.24, 2.45) is 0 Å². The van der Waals surface area contributed by atoms with Crippen molar-refractivity contribution in [3.05, 3.63) is 89.7 Å². The van der Waals surface area contributed by atoms with Gasteiger partial charge in [0.05, 0.1) is 37.2 Å². The zero-order valence-corrected chi connectivity index (χ0v) is 23.3. The van der Waals surface area contributed by atoms with Gasteiger partial charge in [0.15, 0.2) is 0 Å². The first-order valence-electron chi connectivity index (χ1n) is 11.6. The molecule has 1 atom stereocenters. The maximum atomic E-state index is 13.0. The molecule has 0 spiro atoms. The molecule has 1 amide bonds. The van der Waals surface area contributed by atoms with E-state index in [2.05, 4.69) is 43.5 Å². The zero-order valence-electron chi connectivity index (χ0n) is 20.2. The van der Waals surface area contributed by atoms with Gasteiger partial charge in [0.1, 0.15) is 23.5 Å². The van der Waals surface area contributed by atoms with E-state index in [0.717, 1.165) is 35.9 Å². The first-order chi connectivity index (χ1) is 18.1. The van der Waals surface area contributed by atoms with Crippen LogP contribution in [-0.2, 0) is 17.6 Å². The average molecular weight is 628 g/mol. The van der Waals surface area contributed by atoms with Crippen LogP contribution in [0, 0.1) is 0 Å². The third-order valence-electron chi connectivity index (χ3n) is 5.68. The van der Waals surface area contributed by atoms with Gasteiger partial charge in [-0.3, -0.25) is 4.79 Å². The second-order valence-corrected chi connectivity index (χ2v) is 10.0. The minimum atomic E-state index is -0.344. The summed E-state index contributed by atoms with van der Waals surface area (Å²) in [4.78, 5) is 28.2. The fraction of sp³-hybridized carbons (Fsp3) is 0.185. The van der Waals surface area contributed by atoms with Crippen LogP contribution < -0.4 is 14.8 Å². The van der Waals surface area contributed by atoms with Crippen molar-refractivity contribution in [1.29, 1.82) is 0 Å². The molecular weight excluding hydrogens is 602 g/mol. The number of hydrogen-bond acceptors (Lipinski definition) is 6. The Balaban J connectivity index is 1.41. The molecule has 2 aromatic carbocycles. The number of carbonyl (C=O) groups excluding carboxylic acids is 2. The lowest BCUT2D eigenvalue weighted by Crippen LogP contribution is -2.14. The molecule has 1 N–H and O–H groups in total. The molecule has 8 nitrogen and oxygen atoms in total. The third-order valence-corrected chi connectivity index (χ3v) is 7.57. The first kappa shape index (κ1) is 26.8. The van der Waals surface area contributed by atoms with Gasteiger partial charge in [-0.1, -0.05) is 30.3 Å². The molecule has 37 heavy (non-hydrogen) atoms. The lowest BCUT2D eigenvalue weighted by atomic mass is 10.0. The molecule has 0 saturated heterocycles. The molecule has 0 fully saturated rings. The first-order valence-corrected chi connectivity index (χ1v) is 15.7. The number of halogens is 1. The SMILES string of the molecule is COc1cc(OCCc2ccccc2CCC=O)ccc1NC(=O)c1cccc(-c2ccnn2PI)n1. The zero-order chi connectivity index (χ0) is 26.0. The Hall–Kier alpha value is -3.30. The van der Waals surface area contributed by atoms with Crippen LogP contribution in [0.2, 0.25) is 0 Å². The Morgan fingerprint density at radius 1 is 1.08 bits per heavy atom. The Labute approximate surface area is 230 Å². The number of amides is 1. The van der Waals surface area contributed by atoms with Crippen LogP contribution in [0.25, 0.3) is 11.4 Å². The van der Waals surface area contributed by atoms with Crippen molar-refractivity contribution in [2.45, 2.75) is 19.3 Å². The highest BCUT2D eigenvalue weighted by molar-refractivity contribution is 14.2. The number of aldehydes is 1. The highest BCUT2D eigenvalue weighted by Gasteiger charge is 2.14. The number of benzene rings is 2. The molecule has 4 aromatic rings. The smallest absolute Gasteiger partial charge is 0.274 e. The number of aryl methyl sites for hydroxylation is 1. The Morgan fingerprint density at radius 2 is 1.89 bits per heavy atom. The average Bonchev–Trinajstić information content (AvgIpc) is 3.42. The molecule has 1 unspecified atom stereocenters. The van der Waals surface area contributed by atoms with E-state index in [1.165, 1.54) is 0 Å². The minimum absolute atomic E-state index is 0.290. The number of rotatable bonds is 12. The molecule has 0 aliphatic rings. The number of methoxy groups -OCH3 is 1. The van der Waals surface area contributed by atoms with Gasteiger partial charge in [-0.05, 0) is 69.9 Å². The highest BCUT2D eigenvalue weighted by Crippen LogP contribution is 2.31. The number of hydrogen-bond donors (Lipinski definition) is 1. The van der Waals surface area contributed by atoms with Crippen molar-refractivity contribution in [1.82, 2.24) is 14.5 Å². The molecule has 10 heteroatoms. The summed E-state index contributed by atoms with van der Waals surface area (Å²) >= 11 is 2.25. The van der Waals surface area contributed by atoms with Crippen LogP contribution in [0.15, 0.2) is 72.9 Å². The predicted octanol–water partition coefficient (Wildman–Crippen LogP) is 5.75. The lowest BCUT2D eigenvalue weighted by molar-refractivity contribution is -0.107. The Morgan fingerprint density at radius 3 is 2.65 bits per heavy atom. The Kier molecular flexibility index (Phi) is 9.62. The molecule has 0 saturated carbocycles. The molecule has 0 aliphatic heterocycles. The van der Waals surface area contributed by atoms with E-state index in [4.69, 9.17) is 9.47 Å². The molecule has 0 bridgehead atoms. The summed E-state index contributed by atoms with van der Waals surface area (Å²) in [5.41, 5.74) is 4.66. The summed E-state index contributed by atoms with van der Waals surface area (Å²) in [6.45, 7) is 0.470. The van der Waals surface area contributed by atoms with Crippen LogP contribution in [-0.4, -0.2) is 40.4 Å². The largest absolute Gasteiger partial charge is 0.494 e. The van der Waals surface area contributed by atoms with Gasteiger partial charge in [0.25, 0.3) is 5.91 Å². The van der Waals surface area contributed by atoms with Crippen LogP contribution in [0.3, 0.4) is 0 Å². The highest BCUT2D eigenvalue weighted by atomic mass is 127. The van der Waals surface area contributed by atoms with Gasteiger partial charge < -0.3 is 19.6 Å². The van der Waals surface area contributed by atoms with Gasteiger partial charge in [0.2, 0.25) is 0 Å². The summed E-state index contributed by atoms with van der Waals surface area (Å²) in [5.74, 6) is 0.773. The van der Waals surface area contributed by atoms with Gasteiger partial charge in [0, 0.05) is 25.1 Å². The molecule has 0 aliphatic carbocycles. The minimum Gasteiger partial charge on any atom is -0.494 e. The van der Waals surface area contributed by atoms with Crippen LogP contribution in [0.5, 0.6) is 11.5 Å². The molecular formula is C27H26IN4O4P. The second kappa shape index (κ2) is 13.3. The van der Waals surface area contributed by atoms with E-state index in [1.54, 1.807) is 43.6 Å². The number of aromatic nitrogens is 3. The maximum absolute atomic E-state index is 13.0. The predicted molar refractivity (Wildman–Crippen MR) is 154 cm³/mol. The van der Waals surface area contributed by atoms with Crippen molar-refractivity contribution in [2.75, 3.05) is 19.0 Å². The van der Waals surface area contributed by atoms with E-state index in [0.29, 0.717) is 42.3 Å². The maximum Gasteiger partial charge on any atom is 0.274 e. The molecule has 190 valence electrons. The van der Waals surface area contributed by atoms with Crippen LogP contribution in [0.1, 0.15) is 28.0 Å². The third kappa shape index (κ3) is 6.93. The second-order valence-electron chi connectivity index (χ2n) is 8.01. The van der Waals surface area contributed by atoms with Crippen LogP contribution >= 0.6 is 28.4 Å². The molecule has 2 heterocycles. The molecule has 4 rings (SSSR count). The van der Waals surface area contributed by atoms with E-state index in [1.807, 2.05) is 34.8 Å². The van der Waals surface area contributed by atoms with E-state index < -0.39 is 0 Å². The summed E-state index contributed by atoms with van der Waals surface area (Å²) < 4.78 is 13.3. The number of ether oxygens (including phenoxy) is 2. The lowest BCUT2D eigenvalue weighted by Gasteiger charge is -2.14. The summed E-state index contributed by atoms with van der Waals surface area (Å²) in [6, 6.07) is 20.6. The van der Waals surface area contributed by atoms with E-state index in [9.17, 15) is 9.59 Å².